The molecule has 3 nitrogen and oxygen atoms in total. The van der Waals surface area contributed by atoms with Crippen molar-refractivity contribution in [3.63, 3.8) is 0 Å². The molecule has 1 aliphatic carbocycles. The van der Waals surface area contributed by atoms with Gasteiger partial charge in [0, 0.05) is 19.2 Å². The predicted molar refractivity (Wildman–Crippen MR) is 70.8 cm³/mol. The van der Waals surface area contributed by atoms with Gasteiger partial charge < -0.3 is 10.4 Å². The third-order valence-corrected chi connectivity index (χ3v) is 3.89. The number of hydrogen-bond donors (Lipinski definition) is 2. The van der Waals surface area contributed by atoms with Gasteiger partial charge in [0.15, 0.2) is 0 Å². The molecule has 4 heteroatoms. The highest BCUT2D eigenvalue weighted by atomic mass is 19.1. The maximum atomic E-state index is 13.2. The maximum absolute atomic E-state index is 13.2. The summed E-state index contributed by atoms with van der Waals surface area (Å²) in [6, 6.07) is 6.56. The highest BCUT2D eigenvalue weighted by molar-refractivity contribution is 5.37. The molecule has 2 atom stereocenters. The lowest BCUT2D eigenvalue weighted by molar-refractivity contribution is 0.152. The first kappa shape index (κ1) is 14.0. The second-order valence-corrected chi connectivity index (χ2v) is 5.13. The molecule has 0 bridgehead atoms. The first-order chi connectivity index (χ1) is 9.24. The van der Waals surface area contributed by atoms with Gasteiger partial charge in [-0.25, -0.2) is 4.39 Å². The number of hydrogen-bond acceptors (Lipinski definition) is 3. The first-order valence-corrected chi connectivity index (χ1v) is 6.77. The molecule has 0 saturated heterocycles. The largest absolute Gasteiger partial charge is 0.396 e. The van der Waals surface area contributed by atoms with Gasteiger partial charge in [0.1, 0.15) is 5.82 Å². The van der Waals surface area contributed by atoms with E-state index in [9.17, 15) is 9.50 Å². The molecule has 0 radical (unpaired) electrons. The molecule has 2 N–H and O–H groups in total. The fraction of sp³-hybridized carbons (Fsp3) is 0.533. The zero-order chi connectivity index (χ0) is 13.7. The number of halogens is 1. The molecule has 0 heterocycles. The number of rotatable bonds is 4. The molecule has 102 valence electrons. The second-order valence-electron chi connectivity index (χ2n) is 5.13. The Labute approximate surface area is 113 Å². The summed E-state index contributed by atoms with van der Waals surface area (Å²) in [4.78, 5) is 0. The summed E-state index contributed by atoms with van der Waals surface area (Å²) >= 11 is 0. The molecule has 0 aromatic heterocycles. The van der Waals surface area contributed by atoms with E-state index >= 15 is 0 Å². The van der Waals surface area contributed by atoms with Gasteiger partial charge in [-0.2, -0.15) is 5.26 Å². The Hall–Kier alpha value is -1.44. The summed E-state index contributed by atoms with van der Waals surface area (Å²) in [5.41, 5.74) is 1.19. The SMILES string of the molecule is N#Cc1ccc(F)cc1CNC1CCCCC1CO. The Kier molecular flexibility index (Phi) is 4.89. The molecule has 0 amide bonds. The monoisotopic (exact) mass is 262 g/mol. The van der Waals surface area contributed by atoms with Crippen molar-refractivity contribution in [2.24, 2.45) is 5.92 Å². The van der Waals surface area contributed by atoms with Crippen LogP contribution in [-0.2, 0) is 6.54 Å². The predicted octanol–water partition coefficient (Wildman–Crippen LogP) is 2.34. The molecule has 19 heavy (non-hydrogen) atoms. The van der Waals surface area contributed by atoms with Crippen LogP contribution < -0.4 is 5.32 Å². The second kappa shape index (κ2) is 6.65. The lowest BCUT2D eigenvalue weighted by Crippen LogP contribution is -2.39. The number of nitrogens with zero attached hydrogens (tertiary/aromatic N) is 1. The van der Waals surface area contributed by atoms with Gasteiger partial charge in [0.05, 0.1) is 11.6 Å². The van der Waals surface area contributed by atoms with Crippen LogP contribution in [0.3, 0.4) is 0 Å². The van der Waals surface area contributed by atoms with E-state index < -0.39 is 0 Å². The van der Waals surface area contributed by atoms with E-state index in [2.05, 4.69) is 11.4 Å². The molecule has 1 aliphatic rings. The summed E-state index contributed by atoms with van der Waals surface area (Å²) in [5.74, 6) is -0.0500. The van der Waals surface area contributed by atoms with Crippen LogP contribution in [0.25, 0.3) is 0 Å². The summed E-state index contributed by atoms with van der Waals surface area (Å²) in [7, 11) is 0. The molecule has 2 rings (SSSR count). The summed E-state index contributed by atoms with van der Waals surface area (Å²) in [5, 5.41) is 21.7. The maximum Gasteiger partial charge on any atom is 0.123 e. The molecule has 0 aliphatic heterocycles. The van der Waals surface area contributed by atoms with Crippen molar-refractivity contribution in [2.45, 2.75) is 38.3 Å². The highest BCUT2D eigenvalue weighted by Gasteiger charge is 2.24. The summed E-state index contributed by atoms with van der Waals surface area (Å²) < 4.78 is 13.2. The van der Waals surface area contributed by atoms with E-state index in [1.54, 1.807) is 0 Å². The summed E-state index contributed by atoms with van der Waals surface area (Å²) in [6.45, 7) is 0.660. The molecule has 1 fully saturated rings. The lowest BCUT2D eigenvalue weighted by Gasteiger charge is -2.31. The number of benzene rings is 1. The van der Waals surface area contributed by atoms with Crippen molar-refractivity contribution in [2.75, 3.05) is 6.61 Å². The van der Waals surface area contributed by atoms with Crippen LogP contribution in [0, 0.1) is 23.1 Å². The van der Waals surface area contributed by atoms with Crippen molar-refractivity contribution in [1.29, 1.82) is 5.26 Å². The normalized spacial score (nSPS) is 23.0. The highest BCUT2D eigenvalue weighted by Crippen LogP contribution is 2.24. The van der Waals surface area contributed by atoms with Crippen molar-refractivity contribution >= 4 is 0 Å². The van der Waals surface area contributed by atoms with Crippen molar-refractivity contribution in [3.05, 3.63) is 35.1 Å². The van der Waals surface area contributed by atoms with Crippen LogP contribution in [0.1, 0.15) is 36.8 Å². The lowest BCUT2D eigenvalue weighted by atomic mass is 9.85. The number of nitrogens with one attached hydrogen (secondary N) is 1. The molecule has 2 unspecified atom stereocenters. The van der Waals surface area contributed by atoms with Gasteiger partial charge in [-0.1, -0.05) is 12.8 Å². The average Bonchev–Trinajstić information content (AvgIpc) is 2.45. The zero-order valence-electron chi connectivity index (χ0n) is 10.9. The quantitative estimate of drug-likeness (QED) is 0.875. The van der Waals surface area contributed by atoms with Gasteiger partial charge >= 0.3 is 0 Å². The Bertz CT molecular complexity index is 470. The van der Waals surface area contributed by atoms with Crippen molar-refractivity contribution in [1.82, 2.24) is 5.32 Å². The molecule has 0 spiro atoms. The van der Waals surface area contributed by atoms with E-state index in [0.29, 0.717) is 17.7 Å². The van der Waals surface area contributed by atoms with Gasteiger partial charge in [-0.3, -0.25) is 0 Å². The van der Waals surface area contributed by atoms with E-state index in [-0.39, 0.29) is 24.4 Å². The fourth-order valence-electron chi connectivity index (χ4n) is 2.75. The van der Waals surface area contributed by atoms with Crippen LogP contribution in [0.4, 0.5) is 4.39 Å². The Morgan fingerprint density at radius 1 is 1.37 bits per heavy atom. The van der Waals surface area contributed by atoms with Crippen LogP contribution in [0.2, 0.25) is 0 Å². The molecule has 1 saturated carbocycles. The minimum atomic E-state index is -0.321. The van der Waals surface area contributed by atoms with E-state index in [0.717, 1.165) is 25.7 Å². The van der Waals surface area contributed by atoms with Crippen LogP contribution in [-0.4, -0.2) is 17.8 Å². The summed E-state index contributed by atoms with van der Waals surface area (Å²) in [6.07, 6.45) is 4.38. The van der Waals surface area contributed by atoms with Gasteiger partial charge in [-0.05, 0) is 42.5 Å². The van der Waals surface area contributed by atoms with Crippen LogP contribution >= 0.6 is 0 Å². The average molecular weight is 262 g/mol. The van der Waals surface area contributed by atoms with Gasteiger partial charge in [0.2, 0.25) is 0 Å². The number of aliphatic hydroxyl groups excluding tert-OH is 1. The molecule has 1 aromatic carbocycles. The Balaban J connectivity index is 2.01. The third-order valence-electron chi connectivity index (χ3n) is 3.89. The third kappa shape index (κ3) is 3.52. The Morgan fingerprint density at radius 2 is 2.16 bits per heavy atom. The Morgan fingerprint density at radius 3 is 2.89 bits per heavy atom. The van der Waals surface area contributed by atoms with E-state index in [1.807, 2.05) is 0 Å². The molecule has 1 aromatic rings. The molecular formula is C15H19FN2O. The minimum Gasteiger partial charge on any atom is -0.396 e. The minimum absolute atomic E-state index is 0.186. The van der Waals surface area contributed by atoms with Crippen LogP contribution in [0.15, 0.2) is 18.2 Å². The number of nitriles is 1. The topological polar surface area (TPSA) is 56.0 Å². The number of aliphatic hydroxyl groups is 1. The fourth-order valence-corrected chi connectivity index (χ4v) is 2.75. The van der Waals surface area contributed by atoms with Crippen molar-refractivity contribution < 1.29 is 9.50 Å². The molecular weight excluding hydrogens is 243 g/mol. The standard InChI is InChI=1S/C15H19FN2O/c16-14-6-5-11(8-17)13(7-14)9-18-15-4-2-1-3-12(15)10-19/h5-7,12,15,18-19H,1-4,9-10H2. The van der Waals surface area contributed by atoms with Gasteiger partial charge in [-0.15, -0.1) is 0 Å². The van der Waals surface area contributed by atoms with E-state index in [4.69, 9.17) is 5.26 Å². The first-order valence-electron chi connectivity index (χ1n) is 6.77. The van der Waals surface area contributed by atoms with Gasteiger partial charge in [0.25, 0.3) is 0 Å². The van der Waals surface area contributed by atoms with Crippen LogP contribution in [0.5, 0.6) is 0 Å². The smallest absolute Gasteiger partial charge is 0.123 e. The zero-order valence-corrected chi connectivity index (χ0v) is 10.9. The van der Waals surface area contributed by atoms with Crippen molar-refractivity contribution in [3.8, 4) is 6.07 Å². The van der Waals surface area contributed by atoms with E-state index in [1.165, 1.54) is 18.2 Å².